The zero-order valence-corrected chi connectivity index (χ0v) is 52.7. The number of unbranched alkanes of at least 4 members (excludes halogenated alkanes) is 51. The fraction of sp³-hybridized carbons (Fsp3) is 0.889. The maximum absolute atomic E-state index is 12.5. The van der Waals surface area contributed by atoms with Gasteiger partial charge in [-0.1, -0.05) is 326 Å². The lowest BCUT2D eigenvalue weighted by Gasteiger charge is -2.20. The topological polar surface area (TPSA) is 95.9 Å². The standard InChI is InChI=1S/C72H137NO5/c1-3-5-7-9-11-13-15-17-19-20-21-31-34-37-40-44-48-52-56-60-64-70(75)69(68-74)73-71(76)65-61-57-53-49-45-41-38-35-32-29-27-25-23-22-24-26-28-30-33-36-39-43-47-51-55-59-63-67-78-72(77)66-62-58-54-50-46-42-18-16-14-12-10-8-6-4-2/h16,18,22-23,60,64,69-70,74-75H,3-15,17,19-21,24-59,61-63,65-68H2,1-2H3,(H,73,76)/b18-16-,23-22-,64-60+. The first-order valence-corrected chi connectivity index (χ1v) is 35.3. The average Bonchev–Trinajstić information content (AvgIpc) is 3.44. The lowest BCUT2D eigenvalue weighted by atomic mass is 10.0. The molecule has 78 heavy (non-hydrogen) atoms. The van der Waals surface area contributed by atoms with Crippen molar-refractivity contribution in [2.45, 2.75) is 398 Å². The van der Waals surface area contributed by atoms with Crippen LogP contribution in [-0.4, -0.2) is 47.4 Å². The molecule has 460 valence electrons. The van der Waals surface area contributed by atoms with E-state index in [2.05, 4.69) is 43.5 Å². The predicted octanol–water partition coefficient (Wildman–Crippen LogP) is 22.7. The fourth-order valence-electron chi connectivity index (χ4n) is 11.0. The summed E-state index contributed by atoms with van der Waals surface area (Å²) in [5.74, 6) is -0.0589. The molecule has 0 heterocycles. The highest BCUT2D eigenvalue weighted by Crippen LogP contribution is 2.18. The maximum Gasteiger partial charge on any atom is 0.305 e. The first-order chi connectivity index (χ1) is 38.5. The van der Waals surface area contributed by atoms with Crippen molar-refractivity contribution in [3.05, 3.63) is 36.5 Å². The molecule has 0 spiro atoms. The minimum Gasteiger partial charge on any atom is -0.466 e. The monoisotopic (exact) mass is 1100 g/mol. The summed E-state index contributed by atoms with van der Waals surface area (Å²) >= 11 is 0. The number of aliphatic hydroxyl groups is 2. The van der Waals surface area contributed by atoms with Gasteiger partial charge in [0.05, 0.1) is 25.4 Å². The van der Waals surface area contributed by atoms with E-state index in [0.717, 1.165) is 44.9 Å². The Bertz CT molecular complexity index is 1260. The van der Waals surface area contributed by atoms with Gasteiger partial charge in [-0.05, 0) is 83.5 Å². The molecule has 0 rings (SSSR count). The summed E-state index contributed by atoms with van der Waals surface area (Å²) in [4.78, 5) is 24.6. The van der Waals surface area contributed by atoms with Gasteiger partial charge >= 0.3 is 5.97 Å². The number of carbonyl (C=O) groups excluding carboxylic acids is 2. The minimum absolute atomic E-state index is 0.00656. The van der Waals surface area contributed by atoms with Gasteiger partial charge in [-0.15, -0.1) is 0 Å². The van der Waals surface area contributed by atoms with Crippen LogP contribution in [0.15, 0.2) is 36.5 Å². The van der Waals surface area contributed by atoms with Crippen molar-refractivity contribution >= 4 is 11.9 Å². The molecule has 2 unspecified atom stereocenters. The summed E-state index contributed by atoms with van der Waals surface area (Å²) < 4.78 is 5.48. The number of rotatable bonds is 66. The van der Waals surface area contributed by atoms with Crippen molar-refractivity contribution in [2.75, 3.05) is 13.2 Å². The second-order valence-corrected chi connectivity index (χ2v) is 24.2. The number of esters is 1. The van der Waals surface area contributed by atoms with E-state index in [4.69, 9.17) is 4.74 Å². The highest BCUT2D eigenvalue weighted by Gasteiger charge is 2.18. The van der Waals surface area contributed by atoms with E-state index in [-0.39, 0.29) is 18.5 Å². The molecule has 0 aliphatic carbocycles. The van der Waals surface area contributed by atoms with Gasteiger partial charge in [-0.3, -0.25) is 9.59 Å². The largest absolute Gasteiger partial charge is 0.466 e. The second-order valence-electron chi connectivity index (χ2n) is 24.2. The second kappa shape index (κ2) is 67.6. The number of nitrogens with one attached hydrogen (secondary N) is 1. The first kappa shape index (κ1) is 76.1. The smallest absolute Gasteiger partial charge is 0.305 e. The third-order valence-electron chi connectivity index (χ3n) is 16.4. The number of carbonyl (C=O) groups is 2. The number of ether oxygens (including phenoxy) is 1. The van der Waals surface area contributed by atoms with Crippen LogP contribution in [0.2, 0.25) is 0 Å². The average molecular weight is 1100 g/mol. The molecule has 0 saturated heterocycles. The van der Waals surface area contributed by atoms with Gasteiger partial charge in [0.25, 0.3) is 0 Å². The molecule has 3 N–H and O–H groups in total. The van der Waals surface area contributed by atoms with Gasteiger partial charge in [0.15, 0.2) is 0 Å². The van der Waals surface area contributed by atoms with E-state index in [1.165, 1.54) is 315 Å². The summed E-state index contributed by atoms with van der Waals surface area (Å²) in [5, 5.41) is 23.2. The molecule has 6 nitrogen and oxygen atoms in total. The molecule has 0 bridgehead atoms. The SMILES string of the molecule is CCCCCCC/C=C\CCCCCCCC(=O)OCCCCCCCCCCCCCC/C=C\CCCCCCCCCCCCCC(=O)NC(CO)C(O)/C=C/CCCCCCCCCCCCCCCCCCCC. The van der Waals surface area contributed by atoms with Crippen LogP contribution < -0.4 is 5.32 Å². The summed E-state index contributed by atoms with van der Waals surface area (Å²) in [6, 6.07) is -0.630. The molecule has 6 heteroatoms. The van der Waals surface area contributed by atoms with Crippen molar-refractivity contribution in [1.29, 1.82) is 0 Å². The molecule has 0 aromatic heterocycles. The van der Waals surface area contributed by atoms with E-state index in [1.807, 2.05) is 6.08 Å². The predicted molar refractivity (Wildman–Crippen MR) is 343 cm³/mol. The number of hydrogen-bond donors (Lipinski definition) is 3. The quantitative estimate of drug-likeness (QED) is 0.0320. The van der Waals surface area contributed by atoms with Crippen LogP contribution in [0.1, 0.15) is 386 Å². The van der Waals surface area contributed by atoms with Crippen molar-refractivity contribution in [3.63, 3.8) is 0 Å². The molecule has 1 amide bonds. The summed E-state index contributed by atoms with van der Waals surface area (Å²) in [6.45, 7) is 4.92. The lowest BCUT2D eigenvalue weighted by molar-refractivity contribution is -0.143. The summed E-state index contributed by atoms with van der Waals surface area (Å²) in [7, 11) is 0. The zero-order valence-electron chi connectivity index (χ0n) is 52.7. The lowest BCUT2D eigenvalue weighted by Crippen LogP contribution is -2.45. The molecule has 0 aromatic carbocycles. The number of hydrogen-bond acceptors (Lipinski definition) is 5. The molecule has 0 fully saturated rings. The molecule has 0 aliphatic rings. The van der Waals surface area contributed by atoms with Crippen LogP contribution in [0.25, 0.3) is 0 Å². The maximum atomic E-state index is 12.5. The Morgan fingerprint density at radius 3 is 0.910 bits per heavy atom. The van der Waals surface area contributed by atoms with Crippen molar-refractivity contribution in [2.24, 2.45) is 0 Å². The Morgan fingerprint density at radius 1 is 0.346 bits per heavy atom. The molecule has 0 aliphatic heterocycles. The number of amides is 1. The minimum atomic E-state index is -0.846. The number of aliphatic hydroxyl groups excluding tert-OH is 2. The summed E-state index contributed by atoms with van der Waals surface area (Å²) in [5.41, 5.74) is 0. The molecule has 2 atom stereocenters. The van der Waals surface area contributed by atoms with Gasteiger partial charge in [0.1, 0.15) is 0 Å². The van der Waals surface area contributed by atoms with Crippen molar-refractivity contribution in [3.8, 4) is 0 Å². The van der Waals surface area contributed by atoms with Crippen LogP contribution in [0.5, 0.6) is 0 Å². The van der Waals surface area contributed by atoms with Crippen LogP contribution in [0, 0.1) is 0 Å². The third kappa shape index (κ3) is 63.3. The van der Waals surface area contributed by atoms with Gasteiger partial charge < -0.3 is 20.3 Å². The summed E-state index contributed by atoms with van der Waals surface area (Å²) in [6.07, 6.45) is 86.5. The van der Waals surface area contributed by atoms with Crippen LogP contribution in [-0.2, 0) is 14.3 Å². The highest BCUT2D eigenvalue weighted by atomic mass is 16.5. The van der Waals surface area contributed by atoms with Gasteiger partial charge in [-0.2, -0.15) is 0 Å². The van der Waals surface area contributed by atoms with E-state index in [0.29, 0.717) is 19.4 Å². The van der Waals surface area contributed by atoms with Gasteiger partial charge in [0.2, 0.25) is 5.91 Å². The molecule has 0 aromatic rings. The Balaban J connectivity index is 3.41. The van der Waals surface area contributed by atoms with Crippen LogP contribution >= 0.6 is 0 Å². The van der Waals surface area contributed by atoms with Gasteiger partial charge in [0, 0.05) is 12.8 Å². The Morgan fingerprint density at radius 2 is 0.603 bits per heavy atom. The molecular weight excluding hydrogens is 959 g/mol. The van der Waals surface area contributed by atoms with E-state index in [1.54, 1.807) is 6.08 Å². The third-order valence-corrected chi connectivity index (χ3v) is 16.4. The first-order valence-electron chi connectivity index (χ1n) is 35.3. The van der Waals surface area contributed by atoms with E-state index in [9.17, 15) is 19.8 Å². The molecule has 0 saturated carbocycles. The zero-order chi connectivity index (χ0) is 56.4. The highest BCUT2D eigenvalue weighted by molar-refractivity contribution is 5.76. The van der Waals surface area contributed by atoms with Crippen LogP contribution in [0.4, 0.5) is 0 Å². The fourth-order valence-corrected chi connectivity index (χ4v) is 11.0. The van der Waals surface area contributed by atoms with Crippen LogP contribution in [0.3, 0.4) is 0 Å². The van der Waals surface area contributed by atoms with Crippen molar-refractivity contribution < 1.29 is 24.5 Å². The van der Waals surface area contributed by atoms with Crippen molar-refractivity contribution in [1.82, 2.24) is 5.32 Å². The van der Waals surface area contributed by atoms with E-state index < -0.39 is 12.1 Å². The normalized spacial score (nSPS) is 12.7. The Labute approximate surface area is 487 Å². The molecular formula is C72H137NO5. The van der Waals surface area contributed by atoms with E-state index >= 15 is 0 Å². The molecule has 0 radical (unpaired) electrons. The Kier molecular flexibility index (Phi) is 65.9. The Hall–Kier alpha value is -1.92. The number of allylic oxidation sites excluding steroid dienone is 5. The van der Waals surface area contributed by atoms with Gasteiger partial charge in [-0.25, -0.2) is 0 Å².